The number of quaternary nitrogens is 1. The van der Waals surface area contributed by atoms with Crippen LogP contribution in [0, 0.1) is 0 Å². The normalized spacial score (nSPS) is 15.4. The van der Waals surface area contributed by atoms with Crippen LogP contribution in [0.25, 0.3) is 0 Å². The molecule has 0 heterocycles. The van der Waals surface area contributed by atoms with Crippen LogP contribution in [0.15, 0.2) is 158 Å². The molecule has 1 amide bonds. The highest BCUT2D eigenvalue weighted by Crippen LogP contribution is 2.43. The van der Waals surface area contributed by atoms with E-state index in [2.05, 4.69) is 165 Å². The van der Waals surface area contributed by atoms with Crippen molar-refractivity contribution in [1.29, 1.82) is 0 Å². The summed E-state index contributed by atoms with van der Waals surface area (Å²) in [5, 5.41) is 13.6. The first-order valence-electron chi connectivity index (χ1n) is 25.4. The lowest BCUT2D eigenvalue weighted by atomic mass is 10.1. The number of amides is 1. The second-order valence-electron chi connectivity index (χ2n) is 17.5. The summed E-state index contributed by atoms with van der Waals surface area (Å²) in [5.74, 6) is -0.234. The third-order valence-electron chi connectivity index (χ3n) is 10.0. The minimum atomic E-state index is -4.35. The maximum atomic E-state index is 12.8. The van der Waals surface area contributed by atoms with Crippen molar-refractivity contribution >= 4 is 13.7 Å². The Balaban J connectivity index is 4.14. The molecule has 3 N–H and O–H groups in total. The minimum Gasteiger partial charge on any atom is -0.387 e. The van der Waals surface area contributed by atoms with E-state index in [1.165, 1.54) is 6.42 Å². The molecule has 0 saturated heterocycles. The van der Waals surface area contributed by atoms with Gasteiger partial charge in [0.2, 0.25) is 5.91 Å². The van der Waals surface area contributed by atoms with E-state index in [9.17, 15) is 19.4 Å². The summed E-state index contributed by atoms with van der Waals surface area (Å²) >= 11 is 0. The Morgan fingerprint density at radius 2 is 0.896 bits per heavy atom. The summed E-state index contributed by atoms with van der Waals surface area (Å²) in [6.07, 6.45) is 75.2. The Kier molecular flexibility index (Phi) is 44.5. The molecule has 376 valence electrons. The number of aliphatic hydroxyl groups is 1. The molecule has 0 aliphatic rings. The molecular formula is C58H94N2O6P+. The highest BCUT2D eigenvalue weighted by atomic mass is 31.2. The summed E-state index contributed by atoms with van der Waals surface area (Å²) in [6.45, 7) is 4.53. The Bertz CT molecular complexity index is 1640. The van der Waals surface area contributed by atoms with Gasteiger partial charge in [-0.15, -0.1) is 0 Å². The van der Waals surface area contributed by atoms with Crippen molar-refractivity contribution in [3.63, 3.8) is 0 Å². The molecule has 0 bridgehead atoms. The standard InChI is InChI=1S/C58H93N2O6P/c1-6-8-10-12-14-15-16-17-18-19-20-21-22-23-24-25-26-27-28-29-30-31-32-33-34-35-36-37-38-39-40-41-42-43-44-45-46-48-50-52-58(62)59-56(57(61)51-49-47-13-11-9-7-2)55-66-67(63,64)65-54-53-60(3,4)5/h8,10,14-15,17-18,20-21,23-24,26-27,29-30,32-33,35-36,38-39,41-42,44-45,49,51,56-57,61H,6-7,9,11-13,16,19,22,25,28,31,34,37,40,43,46-48,50,52-55H2,1-5H3,(H-,59,62,63,64)/p+1/b10-8-,15-14-,18-17-,21-20-,24-23-,27-26-,30-29-,33-32-,36-35-,39-38-,42-41-,45-44-,51-49+. The van der Waals surface area contributed by atoms with Crippen LogP contribution in [0.3, 0.4) is 0 Å². The fourth-order valence-electron chi connectivity index (χ4n) is 6.02. The highest BCUT2D eigenvalue weighted by Gasteiger charge is 2.27. The van der Waals surface area contributed by atoms with Gasteiger partial charge in [-0.05, 0) is 109 Å². The molecule has 0 fully saturated rings. The third kappa shape index (κ3) is 49.8. The highest BCUT2D eigenvalue weighted by molar-refractivity contribution is 7.47. The van der Waals surface area contributed by atoms with Gasteiger partial charge in [0.05, 0.1) is 39.9 Å². The molecule has 0 aliphatic carbocycles. The first kappa shape index (κ1) is 63.1. The van der Waals surface area contributed by atoms with E-state index in [0.29, 0.717) is 17.4 Å². The van der Waals surface area contributed by atoms with Crippen LogP contribution in [0.4, 0.5) is 0 Å². The van der Waals surface area contributed by atoms with E-state index < -0.39 is 20.0 Å². The van der Waals surface area contributed by atoms with Crippen LogP contribution in [0.2, 0.25) is 0 Å². The van der Waals surface area contributed by atoms with Crippen LogP contribution in [0.1, 0.15) is 149 Å². The fourth-order valence-corrected chi connectivity index (χ4v) is 6.75. The number of hydrogen-bond donors (Lipinski definition) is 3. The quantitative estimate of drug-likeness (QED) is 0.0243. The van der Waals surface area contributed by atoms with Crippen molar-refractivity contribution in [3.8, 4) is 0 Å². The number of aliphatic hydroxyl groups excluding tert-OH is 1. The van der Waals surface area contributed by atoms with Crippen molar-refractivity contribution in [2.45, 2.75) is 161 Å². The largest absolute Gasteiger partial charge is 0.472 e. The van der Waals surface area contributed by atoms with Crippen molar-refractivity contribution < 1.29 is 32.9 Å². The van der Waals surface area contributed by atoms with Gasteiger partial charge in [0.15, 0.2) is 0 Å². The average Bonchev–Trinajstić information content (AvgIpc) is 3.29. The molecule has 3 unspecified atom stereocenters. The molecule has 0 aromatic rings. The van der Waals surface area contributed by atoms with Gasteiger partial charge in [0.25, 0.3) is 0 Å². The van der Waals surface area contributed by atoms with Crippen molar-refractivity contribution in [2.75, 3.05) is 40.9 Å². The molecule has 3 atom stereocenters. The third-order valence-corrected chi connectivity index (χ3v) is 11.0. The lowest BCUT2D eigenvalue weighted by Gasteiger charge is -2.25. The number of unbranched alkanes of at least 4 members (excludes halogenated alkanes) is 6. The number of carbonyl (C=O) groups is 1. The average molecular weight is 946 g/mol. The second kappa shape index (κ2) is 47.2. The van der Waals surface area contributed by atoms with Crippen molar-refractivity contribution in [3.05, 3.63) is 158 Å². The summed E-state index contributed by atoms with van der Waals surface area (Å²) in [6, 6.07) is -0.878. The Labute approximate surface area is 410 Å². The molecule has 0 aromatic carbocycles. The minimum absolute atomic E-state index is 0.0431. The van der Waals surface area contributed by atoms with Crippen LogP contribution in [-0.4, -0.2) is 73.4 Å². The fraction of sp³-hybridized carbons (Fsp3) is 0.534. The number of nitrogens with one attached hydrogen (secondary N) is 1. The van der Waals surface area contributed by atoms with E-state index in [0.717, 1.165) is 116 Å². The van der Waals surface area contributed by atoms with E-state index in [1.807, 2.05) is 27.2 Å². The second-order valence-corrected chi connectivity index (χ2v) is 18.9. The van der Waals surface area contributed by atoms with Crippen molar-refractivity contribution in [2.24, 2.45) is 0 Å². The number of phosphoric ester groups is 1. The summed E-state index contributed by atoms with van der Waals surface area (Å²) in [4.78, 5) is 23.0. The number of phosphoric acid groups is 1. The number of hydrogen-bond acceptors (Lipinski definition) is 5. The maximum Gasteiger partial charge on any atom is 0.472 e. The van der Waals surface area contributed by atoms with Gasteiger partial charge in [0.1, 0.15) is 13.2 Å². The number of allylic oxidation sites excluding steroid dienone is 25. The zero-order valence-electron chi connectivity index (χ0n) is 42.6. The molecule has 0 aromatic heterocycles. The molecular weight excluding hydrogens is 852 g/mol. The number of rotatable bonds is 43. The van der Waals surface area contributed by atoms with Crippen LogP contribution in [-0.2, 0) is 18.4 Å². The van der Waals surface area contributed by atoms with Gasteiger partial charge in [-0.25, -0.2) is 4.57 Å². The van der Waals surface area contributed by atoms with Crippen molar-refractivity contribution in [1.82, 2.24) is 5.32 Å². The van der Waals surface area contributed by atoms with Gasteiger partial charge in [-0.2, -0.15) is 0 Å². The summed E-state index contributed by atoms with van der Waals surface area (Å²) in [5.41, 5.74) is 0. The maximum absolute atomic E-state index is 12.8. The topological polar surface area (TPSA) is 105 Å². The molecule has 0 aliphatic heterocycles. The SMILES string of the molecule is CC/C=C\C/C=C\C/C=C\C/C=C\C/C=C\C/C=C\C/C=C\C/C=C\C/C=C\C/C=C\C/C=C\C/C=C\CCCCC(=O)NC(COP(=O)(O)OCC[N+](C)(C)C)C(O)/C=C/CCCCCC. The molecule has 67 heavy (non-hydrogen) atoms. The predicted octanol–water partition coefficient (Wildman–Crippen LogP) is 15.1. The number of nitrogens with zero attached hydrogens (tertiary/aromatic N) is 1. The monoisotopic (exact) mass is 946 g/mol. The molecule has 0 rings (SSSR count). The molecule has 0 radical (unpaired) electrons. The Morgan fingerprint density at radius 1 is 0.522 bits per heavy atom. The van der Waals surface area contributed by atoms with E-state index in [4.69, 9.17) is 9.05 Å². The first-order chi connectivity index (χ1) is 32.5. The van der Waals surface area contributed by atoms with E-state index >= 15 is 0 Å². The number of carbonyl (C=O) groups excluding carboxylic acids is 1. The van der Waals surface area contributed by atoms with Gasteiger partial charge in [-0.3, -0.25) is 13.8 Å². The summed E-state index contributed by atoms with van der Waals surface area (Å²) in [7, 11) is 1.51. The van der Waals surface area contributed by atoms with Gasteiger partial charge in [-0.1, -0.05) is 191 Å². The summed E-state index contributed by atoms with van der Waals surface area (Å²) < 4.78 is 23.4. The van der Waals surface area contributed by atoms with E-state index in [1.54, 1.807) is 6.08 Å². The lowest BCUT2D eigenvalue weighted by molar-refractivity contribution is -0.870. The zero-order valence-corrected chi connectivity index (χ0v) is 43.5. The predicted molar refractivity (Wildman–Crippen MR) is 290 cm³/mol. The Hall–Kier alpha value is -3.88. The first-order valence-corrected chi connectivity index (χ1v) is 26.9. The van der Waals surface area contributed by atoms with Crippen LogP contribution in [0.5, 0.6) is 0 Å². The molecule has 0 saturated carbocycles. The van der Waals surface area contributed by atoms with Gasteiger partial charge < -0.3 is 19.8 Å². The molecule has 8 nitrogen and oxygen atoms in total. The molecule has 9 heteroatoms. The molecule has 0 spiro atoms. The number of likely N-dealkylation sites (N-methyl/N-ethyl adjacent to an activating group) is 1. The smallest absolute Gasteiger partial charge is 0.387 e. The van der Waals surface area contributed by atoms with Crippen LogP contribution < -0.4 is 5.32 Å². The lowest BCUT2D eigenvalue weighted by Crippen LogP contribution is -2.45. The van der Waals surface area contributed by atoms with Gasteiger partial charge in [0, 0.05) is 6.42 Å². The van der Waals surface area contributed by atoms with Gasteiger partial charge >= 0.3 is 7.82 Å². The Morgan fingerprint density at radius 3 is 1.28 bits per heavy atom. The zero-order chi connectivity index (χ0) is 49.2. The van der Waals surface area contributed by atoms with E-state index in [-0.39, 0.29) is 25.5 Å². The van der Waals surface area contributed by atoms with Crippen LogP contribution >= 0.6 is 7.82 Å².